The Balaban J connectivity index is 2.12. The van der Waals surface area contributed by atoms with Crippen LogP contribution in [0.1, 0.15) is 17.0 Å². The second-order valence-corrected chi connectivity index (χ2v) is 4.81. The molecule has 2 rings (SSSR count). The van der Waals surface area contributed by atoms with Crippen molar-refractivity contribution in [2.24, 2.45) is 0 Å². The number of aromatic nitrogens is 1. The van der Waals surface area contributed by atoms with Crippen LogP contribution in [0, 0.1) is 0 Å². The molecule has 1 atom stereocenters. The first kappa shape index (κ1) is 15.2. The highest BCUT2D eigenvalue weighted by atomic mass is 16.5. The lowest BCUT2D eigenvalue weighted by Gasteiger charge is -2.17. The van der Waals surface area contributed by atoms with Crippen molar-refractivity contribution in [3.05, 3.63) is 66.0 Å². The van der Waals surface area contributed by atoms with Crippen molar-refractivity contribution < 1.29 is 9.53 Å². The third-order valence-electron chi connectivity index (χ3n) is 3.31. The Morgan fingerprint density at radius 1 is 1.19 bits per heavy atom. The van der Waals surface area contributed by atoms with Crippen LogP contribution < -0.4 is 5.32 Å². The summed E-state index contributed by atoms with van der Waals surface area (Å²) >= 11 is 0. The first-order valence-electron chi connectivity index (χ1n) is 7.01. The van der Waals surface area contributed by atoms with Gasteiger partial charge in [0.2, 0.25) is 5.91 Å². The van der Waals surface area contributed by atoms with Gasteiger partial charge in [0.1, 0.15) is 0 Å². The third kappa shape index (κ3) is 4.68. The molecule has 1 aromatic heterocycles. The summed E-state index contributed by atoms with van der Waals surface area (Å²) in [5.41, 5.74) is 2.12. The molecular weight excluding hydrogens is 264 g/mol. The van der Waals surface area contributed by atoms with Crippen LogP contribution in [0.4, 0.5) is 0 Å². The Morgan fingerprint density at radius 2 is 1.90 bits per heavy atom. The summed E-state index contributed by atoms with van der Waals surface area (Å²) in [6.07, 6.45) is 4.16. The highest BCUT2D eigenvalue weighted by Gasteiger charge is 2.20. The van der Waals surface area contributed by atoms with Crippen LogP contribution in [-0.2, 0) is 16.0 Å². The van der Waals surface area contributed by atoms with E-state index in [4.69, 9.17) is 4.74 Å². The predicted octanol–water partition coefficient (Wildman–Crippen LogP) is 2.17. The zero-order valence-corrected chi connectivity index (χ0v) is 12.2. The maximum Gasteiger partial charge on any atom is 0.227 e. The summed E-state index contributed by atoms with van der Waals surface area (Å²) in [6.45, 7) is 1.04. The van der Waals surface area contributed by atoms with Gasteiger partial charge in [-0.1, -0.05) is 30.3 Å². The van der Waals surface area contributed by atoms with E-state index in [0.29, 0.717) is 19.6 Å². The Bertz CT molecular complexity index is 543. The van der Waals surface area contributed by atoms with Crippen LogP contribution in [0.15, 0.2) is 54.9 Å². The topological polar surface area (TPSA) is 51.2 Å². The molecule has 0 aliphatic rings. The van der Waals surface area contributed by atoms with E-state index >= 15 is 0 Å². The fourth-order valence-electron chi connectivity index (χ4n) is 2.20. The van der Waals surface area contributed by atoms with Crippen molar-refractivity contribution in [1.29, 1.82) is 0 Å². The van der Waals surface area contributed by atoms with E-state index in [1.165, 1.54) is 0 Å². The number of pyridine rings is 1. The van der Waals surface area contributed by atoms with Gasteiger partial charge in [-0.2, -0.15) is 0 Å². The number of methoxy groups -OCH3 is 1. The molecule has 1 unspecified atom stereocenters. The number of ether oxygens (including phenoxy) is 1. The first-order chi connectivity index (χ1) is 10.3. The van der Waals surface area contributed by atoms with Gasteiger partial charge in [-0.3, -0.25) is 9.78 Å². The molecule has 0 fully saturated rings. The maximum atomic E-state index is 12.4. The Hall–Kier alpha value is -2.20. The number of amides is 1. The largest absolute Gasteiger partial charge is 0.383 e. The van der Waals surface area contributed by atoms with E-state index in [0.717, 1.165) is 11.1 Å². The van der Waals surface area contributed by atoms with Crippen LogP contribution in [0.5, 0.6) is 0 Å². The minimum absolute atomic E-state index is 0.0232. The van der Waals surface area contributed by atoms with E-state index in [1.807, 2.05) is 42.5 Å². The molecule has 0 spiro atoms. The van der Waals surface area contributed by atoms with Gasteiger partial charge in [0.15, 0.2) is 0 Å². The van der Waals surface area contributed by atoms with Crippen LogP contribution >= 0.6 is 0 Å². The van der Waals surface area contributed by atoms with Gasteiger partial charge in [-0.15, -0.1) is 0 Å². The Kier molecular flexibility index (Phi) is 5.91. The van der Waals surface area contributed by atoms with Gasteiger partial charge in [0.25, 0.3) is 0 Å². The number of carbonyl (C=O) groups excluding carboxylic acids is 1. The molecule has 0 aliphatic heterocycles. The smallest absolute Gasteiger partial charge is 0.227 e. The molecule has 0 radical (unpaired) electrons. The van der Waals surface area contributed by atoms with Crippen molar-refractivity contribution in [3.63, 3.8) is 0 Å². The molecule has 2 aromatic rings. The molecule has 1 N–H and O–H groups in total. The number of nitrogens with zero attached hydrogens (tertiary/aromatic N) is 1. The number of carbonyl (C=O) groups is 1. The van der Waals surface area contributed by atoms with Crippen LogP contribution in [0.3, 0.4) is 0 Å². The lowest BCUT2D eigenvalue weighted by atomic mass is 9.91. The molecule has 4 heteroatoms. The highest BCUT2D eigenvalue weighted by molar-refractivity contribution is 5.84. The molecule has 0 aliphatic carbocycles. The fraction of sp³-hybridized carbons (Fsp3) is 0.294. The Labute approximate surface area is 125 Å². The monoisotopic (exact) mass is 284 g/mol. The van der Waals surface area contributed by atoms with E-state index in [9.17, 15) is 4.79 Å². The summed E-state index contributed by atoms with van der Waals surface area (Å²) in [5, 5.41) is 2.92. The number of nitrogens with one attached hydrogen (secondary N) is 1. The van der Waals surface area contributed by atoms with Crippen LogP contribution in [0.2, 0.25) is 0 Å². The molecule has 0 bridgehead atoms. The average molecular weight is 284 g/mol. The van der Waals surface area contributed by atoms with Gasteiger partial charge in [0.05, 0.1) is 12.5 Å². The summed E-state index contributed by atoms with van der Waals surface area (Å²) < 4.78 is 4.97. The molecular formula is C17H20N2O2. The SMILES string of the molecule is COCCNC(=O)C(Cc1ccncc1)c1ccccc1. The van der Waals surface area contributed by atoms with E-state index < -0.39 is 0 Å². The van der Waals surface area contributed by atoms with Crippen LogP contribution in [0.25, 0.3) is 0 Å². The highest BCUT2D eigenvalue weighted by Crippen LogP contribution is 2.20. The van der Waals surface area contributed by atoms with Gasteiger partial charge in [-0.25, -0.2) is 0 Å². The van der Waals surface area contributed by atoms with Crippen molar-refractivity contribution in [3.8, 4) is 0 Å². The zero-order valence-electron chi connectivity index (χ0n) is 12.2. The molecule has 1 amide bonds. The molecule has 1 aromatic carbocycles. The molecule has 4 nitrogen and oxygen atoms in total. The van der Waals surface area contributed by atoms with Gasteiger partial charge < -0.3 is 10.1 Å². The Morgan fingerprint density at radius 3 is 2.57 bits per heavy atom. The summed E-state index contributed by atoms with van der Waals surface area (Å²) in [4.78, 5) is 16.5. The first-order valence-corrected chi connectivity index (χ1v) is 7.01. The molecule has 110 valence electrons. The van der Waals surface area contributed by atoms with Gasteiger partial charge >= 0.3 is 0 Å². The van der Waals surface area contributed by atoms with Crippen LogP contribution in [-0.4, -0.2) is 31.2 Å². The summed E-state index contributed by atoms with van der Waals surface area (Å²) in [6, 6.07) is 13.7. The lowest BCUT2D eigenvalue weighted by molar-refractivity contribution is -0.122. The maximum absolute atomic E-state index is 12.4. The number of benzene rings is 1. The zero-order chi connectivity index (χ0) is 14.9. The average Bonchev–Trinajstić information content (AvgIpc) is 2.54. The number of rotatable bonds is 7. The standard InChI is InChI=1S/C17H20N2O2/c1-21-12-11-19-17(20)16(15-5-3-2-4-6-15)13-14-7-9-18-10-8-14/h2-10,16H,11-13H2,1H3,(H,19,20). The molecule has 0 saturated heterocycles. The van der Waals surface area contributed by atoms with E-state index in [-0.39, 0.29) is 11.8 Å². The molecule has 21 heavy (non-hydrogen) atoms. The molecule has 1 heterocycles. The van der Waals surface area contributed by atoms with Crippen molar-refractivity contribution >= 4 is 5.91 Å². The predicted molar refractivity (Wildman–Crippen MR) is 82.0 cm³/mol. The van der Waals surface area contributed by atoms with Crippen molar-refractivity contribution in [1.82, 2.24) is 10.3 Å². The second-order valence-electron chi connectivity index (χ2n) is 4.81. The normalized spacial score (nSPS) is 11.9. The number of hydrogen-bond donors (Lipinski definition) is 1. The molecule has 0 saturated carbocycles. The van der Waals surface area contributed by atoms with Crippen molar-refractivity contribution in [2.45, 2.75) is 12.3 Å². The lowest BCUT2D eigenvalue weighted by Crippen LogP contribution is -2.32. The minimum atomic E-state index is -0.203. The minimum Gasteiger partial charge on any atom is -0.383 e. The summed E-state index contributed by atoms with van der Waals surface area (Å²) in [5.74, 6) is -0.180. The third-order valence-corrected chi connectivity index (χ3v) is 3.31. The van der Waals surface area contributed by atoms with Gasteiger partial charge in [-0.05, 0) is 29.7 Å². The van der Waals surface area contributed by atoms with E-state index in [2.05, 4.69) is 10.3 Å². The quantitative estimate of drug-likeness (QED) is 0.793. The van der Waals surface area contributed by atoms with E-state index in [1.54, 1.807) is 19.5 Å². The van der Waals surface area contributed by atoms with Crippen molar-refractivity contribution in [2.75, 3.05) is 20.3 Å². The van der Waals surface area contributed by atoms with Gasteiger partial charge in [0, 0.05) is 26.0 Å². The second kappa shape index (κ2) is 8.17. The fourth-order valence-corrected chi connectivity index (χ4v) is 2.20. The number of hydrogen-bond acceptors (Lipinski definition) is 3. The summed E-state index contributed by atoms with van der Waals surface area (Å²) in [7, 11) is 1.62.